The Morgan fingerprint density at radius 2 is 2.57 bits per heavy atom. The molecule has 0 aliphatic carbocycles. The first-order valence-electron chi connectivity index (χ1n) is 1.85. The Balaban J connectivity index is 2.66. The van der Waals surface area contributed by atoms with Gasteiger partial charge >= 0.3 is 6.34 Å². The van der Waals surface area contributed by atoms with Crippen LogP contribution in [0.1, 0.15) is 0 Å². The van der Waals surface area contributed by atoms with Crippen LogP contribution in [0.4, 0.5) is 0 Å². The molecule has 0 aromatic heterocycles. The summed E-state index contributed by atoms with van der Waals surface area (Å²) in [6, 6.07) is 0. The summed E-state index contributed by atoms with van der Waals surface area (Å²) in [6.45, 7) is 0.184. The summed E-state index contributed by atoms with van der Waals surface area (Å²) in [5, 5.41) is 0. The van der Waals surface area contributed by atoms with E-state index in [1.165, 1.54) is 12.7 Å². The maximum absolute atomic E-state index is 10.1. The van der Waals surface area contributed by atoms with Crippen LogP contribution in [0.25, 0.3) is 0 Å². The predicted molar refractivity (Wildman–Crippen MR) is 25.5 cm³/mol. The van der Waals surface area contributed by atoms with Crippen molar-refractivity contribution < 1.29 is 4.76 Å². The van der Waals surface area contributed by atoms with Gasteiger partial charge in [0, 0.05) is 0 Å². The van der Waals surface area contributed by atoms with Gasteiger partial charge in [0.1, 0.15) is 0 Å². The molecule has 0 fully saturated rings. The summed E-state index contributed by atoms with van der Waals surface area (Å²) >= 11 is 0. The zero-order valence-electron chi connectivity index (χ0n) is 3.61. The summed E-state index contributed by atoms with van der Waals surface area (Å²) in [4.78, 5) is 17.1. The van der Waals surface area contributed by atoms with Gasteiger partial charge in [-0.3, -0.25) is 0 Å². The van der Waals surface area contributed by atoms with Crippen LogP contribution in [-0.4, -0.2) is 24.1 Å². The normalized spacial score (nSPS) is 18.0. The molecule has 0 N–H and O–H groups in total. The molecule has 4 heteroatoms. The molecular weight excluding hydrogens is 94.1 g/mol. The molecule has 0 unspecified atom stereocenters. The van der Waals surface area contributed by atoms with Crippen molar-refractivity contribution in [2.24, 2.45) is 9.98 Å². The Bertz CT molecular complexity index is 137. The second kappa shape index (κ2) is 1.59. The molecule has 1 aliphatic heterocycles. The van der Waals surface area contributed by atoms with E-state index in [-0.39, 0.29) is 6.67 Å². The highest BCUT2D eigenvalue weighted by molar-refractivity contribution is 5.67. The zero-order valence-corrected chi connectivity index (χ0v) is 3.61. The van der Waals surface area contributed by atoms with Gasteiger partial charge in [0.2, 0.25) is 13.0 Å². The molecule has 36 valence electrons. The third-order valence-corrected chi connectivity index (χ3v) is 0.565. The highest BCUT2D eigenvalue weighted by atomic mass is 16.3. The second-order valence-corrected chi connectivity index (χ2v) is 1.12. The summed E-state index contributed by atoms with van der Waals surface area (Å²) < 4.78 is 0.653. The minimum Gasteiger partial charge on any atom is -0.202 e. The van der Waals surface area contributed by atoms with Crippen LogP contribution in [0.15, 0.2) is 9.98 Å². The van der Waals surface area contributed by atoms with Gasteiger partial charge in [-0.05, 0) is 9.75 Å². The third-order valence-electron chi connectivity index (χ3n) is 0.565. The van der Waals surface area contributed by atoms with Crippen molar-refractivity contribution >= 4 is 12.7 Å². The molecule has 0 saturated carbocycles. The minimum absolute atomic E-state index is 0.184. The quantitative estimate of drug-likeness (QED) is 0.387. The molecule has 1 heterocycles. The van der Waals surface area contributed by atoms with Gasteiger partial charge in [-0.2, -0.15) is 0 Å². The second-order valence-electron chi connectivity index (χ2n) is 1.12. The smallest absolute Gasteiger partial charge is 0.202 e. The molecule has 0 saturated heterocycles. The Labute approximate surface area is 40.2 Å². The molecule has 0 amide bonds. The van der Waals surface area contributed by atoms with Gasteiger partial charge in [0.25, 0.3) is 0 Å². The number of nitrogens with zero attached hydrogens (tertiary/aromatic N) is 3. The van der Waals surface area contributed by atoms with Crippen molar-refractivity contribution in [3.8, 4) is 0 Å². The van der Waals surface area contributed by atoms with Crippen LogP contribution in [-0.2, 0) is 0 Å². The van der Waals surface area contributed by atoms with Crippen molar-refractivity contribution in [3.63, 3.8) is 0 Å². The van der Waals surface area contributed by atoms with Crippen molar-refractivity contribution in [3.05, 3.63) is 4.91 Å². The molecule has 1 rings (SSSR count). The monoisotopic (exact) mass is 98.0 g/mol. The fourth-order valence-corrected chi connectivity index (χ4v) is 0.305. The van der Waals surface area contributed by atoms with E-state index in [9.17, 15) is 4.91 Å². The molecule has 0 aromatic carbocycles. The van der Waals surface area contributed by atoms with Gasteiger partial charge in [0.05, 0.1) is 0 Å². The lowest BCUT2D eigenvalue weighted by molar-refractivity contribution is -0.420. The van der Waals surface area contributed by atoms with Crippen LogP contribution in [0.5, 0.6) is 0 Å². The molecule has 7 heavy (non-hydrogen) atoms. The summed E-state index contributed by atoms with van der Waals surface area (Å²) in [5.41, 5.74) is 0. The molecule has 0 spiro atoms. The van der Waals surface area contributed by atoms with E-state index in [0.717, 1.165) is 0 Å². The topological polar surface area (TPSA) is 44.8 Å². The molecule has 4 nitrogen and oxygen atoms in total. The van der Waals surface area contributed by atoms with E-state index in [0.29, 0.717) is 4.76 Å². The van der Waals surface area contributed by atoms with Crippen molar-refractivity contribution in [1.82, 2.24) is 0 Å². The first-order chi connectivity index (χ1) is 3.39. The van der Waals surface area contributed by atoms with Gasteiger partial charge < -0.3 is 0 Å². The molecule has 0 aromatic rings. The lowest BCUT2D eigenvalue weighted by Gasteiger charge is -1.81. The van der Waals surface area contributed by atoms with E-state index in [2.05, 4.69) is 9.98 Å². The van der Waals surface area contributed by atoms with E-state index >= 15 is 0 Å². The van der Waals surface area contributed by atoms with Crippen molar-refractivity contribution in [1.29, 1.82) is 0 Å². The average molecular weight is 98.1 g/mol. The van der Waals surface area contributed by atoms with E-state index in [4.69, 9.17) is 0 Å². The Kier molecular flexibility index (Phi) is 0.934. The summed E-state index contributed by atoms with van der Waals surface area (Å²) in [6.07, 6.45) is 2.54. The summed E-state index contributed by atoms with van der Waals surface area (Å²) in [5.74, 6) is 0. The Morgan fingerprint density at radius 1 is 1.71 bits per heavy atom. The highest BCUT2D eigenvalue weighted by Gasteiger charge is 1.99. The maximum atomic E-state index is 10.1. The van der Waals surface area contributed by atoms with Crippen LogP contribution in [0, 0.1) is 4.91 Å². The van der Waals surface area contributed by atoms with Crippen LogP contribution < -0.4 is 0 Å². The molecule has 1 aliphatic rings. The standard InChI is InChI=1S/C3H4N3O/c7-6-2-4-1-5-3-6/h1-2H,3H2/q+1. The number of hydrogen-bond acceptors (Lipinski definition) is 3. The van der Waals surface area contributed by atoms with Crippen LogP contribution in [0.2, 0.25) is 0 Å². The van der Waals surface area contributed by atoms with Gasteiger partial charge in [-0.15, -0.1) is 0 Å². The fraction of sp³-hybridized carbons (Fsp3) is 0.333. The first-order valence-corrected chi connectivity index (χ1v) is 1.85. The SMILES string of the molecule is O=[N+]1C=NC=NC1. The maximum Gasteiger partial charge on any atom is 0.328 e. The van der Waals surface area contributed by atoms with Crippen LogP contribution in [0.3, 0.4) is 0 Å². The lowest BCUT2D eigenvalue weighted by atomic mass is 10.9. The summed E-state index contributed by atoms with van der Waals surface area (Å²) in [7, 11) is 0. The Hall–Kier alpha value is -1.06. The molecule has 0 bridgehead atoms. The zero-order chi connectivity index (χ0) is 5.11. The van der Waals surface area contributed by atoms with E-state index in [1.807, 2.05) is 0 Å². The largest absolute Gasteiger partial charge is 0.328 e. The third kappa shape index (κ3) is 0.887. The Morgan fingerprint density at radius 3 is 2.86 bits per heavy atom. The fourth-order valence-electron chi connectivity index (χ4n) is 0.305. The van der Waals surface area contributed by atoms with Gasteiger partial charge in [-0.1, -0.05) is 4.91 Å². The van der Waals surface area contributed by atoms with E-state index in [1.54, 1.807) is 0 Å². The lowest BCUT2D eigenvalue weighted by Crippen LogP contribution is -2.08. The van der Waals surface area contributed by atoms with E-state index < -0.39 is 0 Å². The number of aliphatic imine (C=N–C) groups is 2. The first kappa shape index (κ1) is 4.11. The van der Waals surface area contributed by atoms with Crippen molar-refractivity contribution in [2.75, 3.05) is 6.67 Å². The average Bonchev–Trinajstić information content (AvgIpc) is 1.69. The number of rotatable bonds is 0. The number of nitroso groups, excluding NO2 is 1. The van der Waals surface area contributed by atoms with Gasteiger partial charge in [-0.25, -0.2) is 4.99 Å². The molecular formula is C3H4N3O+. The highest BCUT2D eigenvalue weighted by Crippen LogP contribution is 1.76. The predicted octanol–water partition coefficient (Wildman–Crippen LogP) is -0.207. The van der Waals surface area contributed by atoms with Crippen LogP contribution >= 0.6 is 0 Å². The molecule has 0 radical (unpaired) electrons. The molecule has 0 atom stereocenters. The number of hydrogen-bond donors (Lipinski definition) is 0. The minimum atomic E-state index is 0.184. The van der Waals surface area contributed by atoms with Gasteiger partial charge in [0.15, 0.2) is 0 Å². The van der Waals surface area contributed by atoms with Crippen molar-refractivity contribution in [2.45, 2.75) is 0 Å².